The Hall–Kier alpha value is -0.0500. The molecule has 0 aromatic rings. The average Bonchev–Trinajstić information content (AvgIpc) is 2.54. The monoisotopic (exact) mass is 376 g/mol. The molecule has 3 heteroatoms. The first-order valence-corrected chi connectivity index (χ1v) is 10.6. The second-order valence-electron chi connectivity index (χ2n) is 6.30. The van der Waals surface area contributed by atoms with Crippen LogP contribution < -0.4 is 0 Å². The molecule has 0 radical (unpaired) electrons. The van der Waals surface area contributed by atoms with Crippen molar-refractivity contribution in [2.75, 3.05) is 11.9 Å². The number of rotatable bonds is 17. The summed E-state index contributed by atoms with van der Waals surface area (Å²) < 4.78 is 5.02. The highest BCUT2D eigenvalue weighted by Gasteiger charge is 1.98. The summed E-state index contributed by atoms with van der Waals surface area (Å²) in [5, 5.41) is 0.311. The van der Waals surface area contributed by atoms with E-state index in [1.165, 1.54) is 89.9 Å². The number of alkyl halides is 1. The normalized spacial score (nSPS) is 10.8. The molecule has 0 aromatic carbocycles. The van der Waals surface area contributed by atoms with Gasteiger partial charge in [0.05, 0.1) is 6.61 Å². The lowest BCUT2D eigenvalue weighted by atomic mass is 10.0. The number of carbonyl (C=O) groups excluding carboxylic acids is 1. The minimum absolute atomic E-state index is 0.148. The van der Waals surface area contributed by atoms with Crippen molar-refractivity contribution in [3.63, 3.8) is 0 Å². The highest BCUT2D eigenvalue weighted by Crippen LogP contribution is 2.13. The van der Waals surface area contributed by atoms with Gasteiger partial charge in [-0.15, -0.1) is 0 Å². The Morgan fingerprint density at radius 3 is 1.41 bits per heavy atom. The lowest BCUT2D eigenvalue weighted by molar-refractivity contribution is -0.140. The topological polar surface area (TPSA) is 26.3 Å². The Morgan fingerprint density at radius 1 is 0.682 bits per heavy atom. The molecule has 22 heavy (non-hydrogen) atoms. The van der Waals surface area contributed by atoms with Crippen LogP contribution in [0.1, 0.15) is 103 Å². The molecule has 0 aromatic heterocycles. The van der Waals surface area contributed by atoms with Crippen LogP contribution in [0.4, 0.5) is 0 Å². The molecule has 2 nitrogen and oxygen atoms in total. The maximum absolute atomic E-state index is 10.9. The van der Waals surface area contributed by atoms with Crippen LogP contribution in [0, 0.1) is 0 Å². The van der Waals surface area contributed by atoms with Gasteiger partial charge in [-0.1, -0.05) is 113 Å². The molecule has 0 rings (SSSR count). The van der Waals surface area contributed by atoms with Crippen molar-refractivity contribution >= 4 is 21.9 Å². The highest BCUT2D eigenvalue weighted by atomic mass is 79.9. The first kappa shape index (κ1) is 21.9. The minimum Gasteiger partial charge on any atom is -0.465 e. The fourth-order valence-corrected chi connectivity index (χ4v) is 2.86. The fraction of sp³-hybridized carbons (Fsp3) is 0.947. The van der Waals surface area contributed by atoms with Gasteiger partial charge in [-0.2, -0.15) is 0 Å². The molecule has 0 fully saturated rings. The zero-order valence-electron chi connectivity index (χ0n) is 14.7. The zero-order valence-corrected chi connectivity index (χ0v) is 16.3. The molecule has 0 aliphatic carbocycles. The van der Waals surface area contributed by atoms with E-state index in [0.717, 1.165) is 6.42 Å². The van der Waals surface area contributed by atoms with Gasteiger partial charge in [0.15, 0.2) is 0 Å². The third-order valence-electron chi connectivity index (χ3n) is 4.12. The summed E-state index contributed by atoms with van der Waals surface area (Å²) >= 11 is 3.09. The first-order chi connectivity index (χ1) is 10.8. The number of carbonyl (C=O) groups is 1. The average molecular weight is 377 g/mol. The third-order valence-corrected chi connectivity index (χ3v) is 4.58. The van der Waals surface area contributed by atoms with Crippen LogP contribution >= 0.6 is 15.9 Å². The van der Waals surface area contributed by atoms with E-state index in [4.69, 9.17) is 4.74 Å². The van der Waals surface area contributed by atoms with Gasteiger partial charge in [-0.3, -0.25) is 4.79 Å². The van der Waals surface area contributed by atoms with Crippen molar-refractivity contribution in [3.05, 3.63) is 0 Å². The Morgan fingerprint density at radius 2 is 1.05 bits per heavy atom. The van der Waals surface area contributed by atoms with E-state index < -0.39 is 0 Å². The third kappa shape index (κ3) is 18.0. The molecule has 0 aliphatic rings. The van der Waals surface area contributed by atoms with Crippen LogP contribution in [0.15, 0.2) is 0 Å². The fourth-order valence-electron chi connectivity index (χ4n) is 2.70. The van der Waals surface area contributed by atoms with Gasteiger partial charge in [-0.25, -0.2) is 0 Å². The lowest BCUT2D eigenvalue weighted by Crippen LogP contribution is -2.06. The van der Waals surface area contributed by atoms with E-state index in [9.17, 15) is 4.79 Å². The number of esters is 1. The number of unbranched alkanes of at least 4 members (excludes halogenated alkanes) is 14. The van der Waals surface area contributed by atoms with Gasteiger partial charge >= 0.3 is 5.97 Å². The zero-order chi connectivity index (χ0) is 16.3. The van der Waals surface area contributed by atoms with E-state index in [2.05, 4.69) is 22.9 Å². The van der Waals surface area contributed by atoms with Crippen LogP contribution in [0.2, 0.25) is 0 Å². The summed E-state index contributed by atoms with van der Waals surface area (Å²) in [6.07, 6.45) is 20.4. The largest absolute Gasteiger partial charge is 0.465 e. The molecule has 0 unspecified atom stereocenters. The van der Waals surface area contributed by atoms with Crippen LogP contribution in [-0.2, 0) is 9.53 Å². The lowest BCUT2D eigenvalue weighted by Gasteiger charge is -2.04. The quantitative estimate of drug-likeness (QED) is 0.158. The second-order valence-corrected chi connectivity index (χ2v) is 6.86. The van der Waals surface area contributed by atoms with Crippen molar-refractivity contribution < 1.29 is 9.53 Å². The van der Waals surface area contributed by atoms with Crippen molar-refractivity contribution in [2.24, 2.45) is 0 Å². The number of hydrogen-bond acceptors (Lipinski definition) is 2. The van der Waals surface area contributed by atoms with Gasteiger partial charge in [0.2, 0.25) is 0 Å². The van der Waals surface area contributed by atoms with Crippen molar-refractivity contribution in [2.45, 2.75) is 103 Å². The molecule has 0 bridgehead atoms. The number of ether oxygens (including phenoxy) is 1. The Balaban J connectivity index is 2.98. The standard InChI is InChI=1S/C19H37BrO2/c1-2-3-4-5-6-7-8-9-10-11-12-13-14-15-16-17-22-19(21)18-20/h2-18H2,1H3. The predicted molar refractivity (Wildman–Crippen MR) is 99.7 cm³/mol. The Labute approximate surface area is 146 Å². The molecule has 0 heterocycles. The first-order valence-electron chi connectivity index (χ1n) is 9.52. The van der Waals surface area contributed by atoms with Crippen molar-refractivity contribution in [1.82, 2.24) is 0 Å². The maximum atomic E-state index is 10.9. The molecule has 0 saturated heterocycles. The number of hydrogen-bond donors (Lipinski definition) is 0. The molecule has 0 spiro atoms. The van der Waals surface area contributed by atoms with E-state index in [1.54, 1.807) is 0 Å². The van der Waals surface area contributed by atoms with Gasteiger partial charge in [0.1, 0.15) is 5.33 Å². The minimum atomic E-state index is -0.148. The Bertz CT molecular complexity index is 231. The molecule has 132 valence electrons. The molecular weight excluding hydrogens is 340 g/mol. The van der Waals surface area contributed by atoms with E-state index >= 15 is 0 Å². The summed E-state index contributed by atoms with van der Waals surface area (Å²) in [5.74, 6) is -0.148. The van der Waals surface area contributed by atoms with E-state index in [0.29, 0.717) is 11.9 Å². The van der Waals surface area contributed by atoms with Gasteiger partial charge in [-0.05, 0) is 6.42 Å². The molecule has 0 aliphatic heterocycles. The van der Waals surface area contributed by atoms with Crippen molar-refractivity contribution in [1.29, 1.82) is 0 Å². The van der Waals surface area contributed by atoms with E-state index in [-0.39, 0.29) is 5.97 Å². The van der Waals surface area contributed by atoms with Gasteiger partial charge < -0.3 is 4.74 Å². The van der Waals surface area contributed by atoms with Crippen molar-refractivity contribution in [3.8, 4) is 0 Å². The van der Waals surface area contributed by atoms with E-state index in [1.807, 2.05) is 0 Å². The summed E-state index contributed by atoms with van der Waals surface area (Å²) in [4.78, 5) is 10.9. The van der Waals surface area contributed by atoms with Crippen LogP contribution in [0.5, 0.6) is 0 Å². The second kappa shape index (κ2) is 19.0. The maximum Gasteiger partial charge on any atom is 0.316 e. The molecular formula is C19H37BrO2. The highest BCUT2D eigenvalue weighted by molar-refractivity contribution is 9.09. The predicted octanol–water partition coefficient (Wildman–Crippen LogP) is 6.80. The van der Waals surface area contributed by atoms with Crippen LogP contribution in [-0.4, -0.2) is 17.9 Å². The molecule has 0 N–H and O–H groups in total. The number of halogens is 1. The summed E-state index contributed by atoms with van der Waals surface area (Å²) in [6, 6.07) is 0. The Kier molecular flexibility index (Phi) is 19.0. The summed E-state index contributed by atoms with van der Waals surface area (Å²) in [5.41, 5.74) is 0. The summed E-state index contributed by atoms with van der Waals surface area (Å²) in [6.45, 7) is 2.86. The van der Waals surface area contributed by atoms with Gasteiger partial charge in [0.25, 0.3) is 0 Å². The smallest absolute Gasteiger partial charge is 0.316 e. The van der Waals surface area contributed by atoms with Crippen LogP contribution in [0.25, 0.3) is 0 Å². The molecule has 0 saturated carbocycles. The van der Waals surface area contributed by atoms with Crippen LogP contribution in [0.3, 0.4) is 0 Å². The summed E-state index contributed by atoms with van der Waals surface area (Å²) in [7, 11) is 0. The molecule has 0 amide bonds. The molecule has 0 atom stereocenters. The SMILES string of the molecule is CCCCCCCCCCCCCCCCCOC(=O)CBr. The van der Waals surface area contributed by atoms with Gasteiger partial charge in [0, 0.05) is 0 Å².